The number of aromatic nitrogens is 4. The lowest BCUT2D eigenvalue weighted by Crippen LogP contribution is -2.13. The monoisotopic (exact) mass is 570 g/mol. The van der Waals surface area contributed by atoms with Gasteiger partial charge in [0.25, 0.3) is 0 Å². The van der Waals surface area contributed by atoms with E-state index in [0.29, 0.717) is 39.6 Å². The topological polar surface area (TPSA) is 88.5 Å². The molecule has 0 radical (unpaired) electrons. The molecule has 0 amide bonds. The molecule has 0 unspecified atom stereocenters. The highest BCUT2D eigenvalue weighted by molar-refractivity contribution is 7.22. The zero-order chi connectivity index (χ0) is 27.0. The van der Waals surface area contributed by atoms with Crippen LogP contribution in [0.25, 0.3) is 41.8 Å². The molecule has 0 aliphatic heterocycles. The van der Waals surface area contributed by atoms with Gasteiger partial charge in [-0.25, -0.2) is 9.97 Å². The third-order valence-electron chi connectivity index (χ3n) is 5.85. The minimum atomic E-state index is 0.461. The SMILES string of the molecule is c1ccc(-c2nc3ccc(OCCOCCOCCOc4ccc5nc(-c6ccccn6)sc5c4)cc3s2)nc1. The van der Waals surface area contributed by atoms with Crippen LogP contribution in [0.15, 0.2) is 85.2 Å². The van der Waals surface area contributed by atoms with Crippen LogP contribution >= 0.6 is 22.7 Å². The van der Waals surface area contributed by atoms with Gasteiger partial charge in [0.15, 0.2) is 0 Å². The third-order valence-corrected chi connectivity index (χ3v) is 7.93. The lowest BCUT2D eigenvalue weighted by molar-refractivity contribution is 0.0274. The van der Waals surface area contributed by atoms with Crippen LogP contribution in [0, 0.1) is 0 Å². The number of thiazole rings is 2. The van der Waals surface area contributed by atoms with Gasteiger partial charge in [-0.15, -0.1) is 22.7 Å². The van der Waals surface area contributed by atoms with E-state index in [9.17, 15) is 0 Å². The van der Waals surface area contributed by atoms with Crippen LogP contribution in [0.4, 0.5) is 0 Å². The van der Waals surface area contributed by atoms with Gasteiger partial charge in [0.2, 0.25) is 0 Å². The van der Waals surface area contributed by atoms with E-state index in [1.165, 1.54) is 0 Å². The molecule has 6 rings (SSSR count). The van der Waals surface area contributed by atoms with Crippen molar-refractivity contribution in [1.29, 1.82) is 0 Å². The van der Waals surface area contributed by atoms with E-state index in [2.05, 4.69) is 19.9 Å². The lowest BCUT2D eigenvalue weighted by Gasteiger charge is -2.09. The number of hydrogen-bond acceptors (Lipinski definition) is 10. The summed E-state index contributed by atoms with van der Waals surface area (Å²) in [6, 6.07) is 23.5. The normalized spacial score (nSPS) is 11.3. The Balaban J connectivity index is 0.861. The summed E-state index contributed by atoms with van der Waals surface area (Å²) in [6.45, 7) is 2.87. The van der Waals surface area contributed by atoms with Crippen LogP contribution in [0.1, 0.15) is 0 Å². The molecular formula is C30H26N4O4S2. The smallest absolute Gasteiger partial charge is 0.143 e. The zero-order valence-electron chi connectivity index (χ0n) is 21.6. The molecular weight excluding hydrogens is 544 g/mol. The van der Waals surface area contributed by atoms with Crippen LogP contribution in [-0.4, -0.2) is 59.6 Å². The van der Waals surface area contributed by atoms with Crippen molar-refractivity contribution >= 4 is 43.1 Å². The van der Waals surface area contributed by atoms with Gasteiger partial charge in [0, 0.05) is 12.4 Å². The second-order valence-electron chi connectivity index (χ2n) is 8.65. The van der Waals surface area contributed by atoms with Crippen molar-refractivity contribution in [3.63, 3.8) is 0 Å². The van der Waals surface area contributed by atoms with Gasteiger partial charge >= 0.3 is 0 Å². The molecule has 40 heavy (non-hydrogen) atoms. The zero-order valence-corrected chi connectivity index (χ0v) is 23.2. The average Bonchev–Trinajstić information content (AvgIpc) is 3.63. The summed E-state index contributed by atoms with van der Waals surface area (Å²) in [7, 11) is 0. The maximum atomic E-state index is 5.85. The Morgan fingerprint density at radius 2 is 1.00 bits per heavy atom. The Bertz CT molecular complexity index is 1550. The maximum absolute atomic E-state index is 5.85. The average molecular weight is 571 g/mol. The second-order valence-corrected chi connectivity index (χ2v) is 10.7. The highest BCUT2D eigenvalue weighted by Gasteiger charge is 2.09. The van der Waals surface area contributed by atoms with Crippen LogP contribution in [-0.2, 0) is 9.47 Å². The predicted molar refractivity (Wildman–Crippen MR) is 158 cm³/mol. The molecule has 4 heterocycles. The van der Waals surface area contributed by atoms with Crippen molar-refractivity contribution in [3.8, 4) is 32.9 Å². The maximum Gasteiger partial charge on any atom is 0.143 e. The summed E-state index contributed by atoms with van der Waals surface area (Å²) in [5, 5.41) is 1.80. The van der Waals surface area contributed by atoms with Crippen LogP contribution in [0.5, 0.6) is 11.5 Å². The highest BCUT2D eigenvalue weighted by atomic mass is 32.1. The van der Waals surface area contributed by atoms with Crippen molar-refractivity contribution in [1.82, 2.24) is 19.9 Å². The Morgan fingerprint density at radius 1 is 0.525 bits per heavy atom. The first-order valence-corrected chi connectivity index (χ1v) is 14.5. The molecule has 0 aliphatic carbocycles. The van der Waals surface area contributed by atoms with Crippen molar-refractivity contribution in [2.75, 3.05) is 39.6 Å². The fourth-order valence-electron chi connectivity index (χ4n) is 3.95. The number of rotatable bonds is 13. The molecule has 6 aromatic rings. The molecule has 202 valence electrons. The summed E-state index contributed by atoms with van der Waals surface area (Å²) in [6.07, 6.45) is 3.55. The summed E-state index contributed by atoms with van der Waals surface area (Å²) >= 11 is 3.21. The van der Waals surface area contributed by atoms with Crippen molar-refractivity contribution in [3.05, 3.63) is 85.2 Å². The van der Waals surface area contributed by atoms with E-state index < -0.39 is 0 Å². The van der Waals surface area contributed by atoms with Crippen LogP contribution in [0.3, 0.4) is 0 Å². The fourth-order valence-corrected chi connectivity index (χ4v) is 5.89. The van der Waals surface area contributed by atoms with Crippen molar-refractivity contribution < 1.29 is 18.9 Å². The van der Waals surface area contributed by atoms with Gasteiger partial charge in [0.05, 0.1) is 58.2 Å². The molecule has 0 fully saturated rings. The number of pyridine rings is 2. The second kappa shape index (κ2) is 12.9. The first-order chi connectivity index (χ1) is 19.8. The molecule has 4 aromatic heterocycles. The first kappa shape index (κ1) is 26.3. The van der Waals surface area contributed by atoms with Crippen molar-refractivity contribution in [2.24, 2.45) is 0 Å². The lowest BCUT2D eigenvalue weighted by atomic mass is 10.3. The predicted octanol–water partition coefficient (Wildman–Crippen LogP) is 6.52. The summed E-state index contributed by atoms with van der Waals surface area (Å²) in [4.78, 5) is 18.1. The Morgan fingerprint density at radius 3 is 1.45 bits per heavy atom. The number of benzene rings is 2. The van der Waals surface area contributed by atoms with Crippen LogP contribution in [0.2, 0.25) is 0 Å². The number of fused-ring (bicyclic) bond motifs is 2. The summed E-state index contributed by atoms with van der Waals surface area (Å²) < 4.78 is 25.1. The quantitative estimate of drug-likeness (QED) is 0.145. The molecule has 0 spiro atoms. The fraction of sp³-hybridized carbons (Fsp3) is 0.200. The van der Waals surface area contributed by atoms with Gasteiger partial charge in [-0.3, -0.25) is 9.97 Å². The molecule has 0 N–H and O–H groups in total. The Labute approximate surface area is 239 Å². The summed E-state index contributed by atoms with van der Waals surface area (Å²) in [5.41, 5.74) is 3.63. The molecule has 10 heteroatoms. The third kappa shape index (κ3) is 6.60. The number of ether oxygens (including phenoxy) is 4. The molecule has 0 atom stereocenters. The minimum absolute atomic E-state index is 0.461. The van der Waals surface area contributed by atoms with E-state index in [1.54, 1.807) is 35.1 Å². The van der Waals surface area contributed by atoms with Gasteiger partial charge in [-0.1, -0.05) is 12.1 Å². The molecule has 0 saturated heterocycles. The Hall–Kier alpha value is -3.96. The van der Waals surface area contributed by atoms with E-state index in [0.717, 1.165) is 53.3 Å². The number of nitrogens with zero attached hydrogens (tertiary/aromatic N) is 4. The van der Waals surface area contributed by atoms with Gasteiger partial charge in [-0.05, 0) is 60.7 Å². The molecule has 0 saturated carbocycles. The molecule has 8 nitrogen and oxygen atoms in total. The van der Waals surface area contributed by atoms with E-state index in [-0.39, 0.29) is 0 Å². The first-order valence-electron chi connectivity index (χ1n) is 12.9. The molecule has 0 bridgehead atoms. The van der Waals surface area contributed by atoms with E-state index in [1.807, 2.05) is 72.8 Å². The van der Waals surface area contributed by atoms with Gasteiger partial charge < -0.3 is 18.9 Å². The van der Waals surface area contributed by atoms with Gasteiger partial charge in [0.1, 0.15) is 34.7 Å². The molecule has 2 aromatic carbocycles. The Kier molecular flexibility index (Phi) is 8.49. The highest BCUT2D eigenvalue weighted by Crippen LogP contribution is 2.32. The van der Waals surface area contributed by atoms with Crippen LogP contribution < -0.4 is 9.47 Å². The number of hydrogen-bond donors (Lipinski definition) is 0. The van der Waals surface area contributed by atoms with E-state index in [4.69, 9.17) is 18.9 Å². The largest absolute Gasteiger partial charge is 0.491 e. The van der Waals surface area contributed by atoms with E-state index >= 15 is 0 Å². The van der Waals surface area contributed by atoms with Crippen molar-refractivity contribution in [2.45, 2.75) is 0 Å². The molecule has 0 aliphatic rings. The summed E-state index contributed by atoms with van der Waals surface area (Å²) in [5.74, 6) is 1.59. The van der Waals surface area contributed by atoms with Gasteiger partial charge in [-0.2, -0.15) is 0 Å². The standard InChI is InChI=1S/C30H26N4O4S2/c1-3-11-31-25(5-1)29-33-23-9-7-21(19-27(23)39-29)37-17-15-35-13-14-36-16-18-38-22-8-10-24-28(20-22)40-30(34-24)26-6-2-4-12-32-26/h1-12,19-20H,13-18H2. The minimum Gasteiger partial charge on any atom is -0.491 e.